The Hall–Kier alpha value is -0.650. The lowest BCUT2D eigenvalue weighted by Gasteiger charge is -2.32. The van der Waals surface area contributed by atoms with E-state index >= 15 is 0 Å². The van der Waals surface area contributed by atoms with Crippen LogP contribution in [0.2, 0.25) is 0 Å². The Balaban J connectivity index is 1.70. The molecule has 3 atom stereocenters. The molecule has 0 aromatic rings. The highest BCUT2D eigenvalue weighted by Crippen LogP contribution is 2.32. The van der Waals surface area contributed by atoms with Crippen molar-refractivity contribution in [2.45, 2.75) is 37.9 Å². The molecule has 2 rings (SSSR count). The van der Waals surface area contributed by atoms with Gasteiger partial charge in [-0.3, -0.25) is 4.79 Å². The number of carbonyl (C=O) groups is 1. The van der Waals surface area contributed by atoms with Crippen LogP contribution < -0.4 is 0 Å². The zero-order chi connectivity index (χ0) is 12.3. The van der Waals surface area contributed by atoms with Gasteiger partial charge in [-0.2, -0.15) is 0 Å². The smallest absolute Gasteiger partial charge is 0.304 e. The third-order valence-corrected chi connectivity index (χ3v) is 3.68. The van der Waals surface area contributed by atoms with E-state index in [4.69, 9.17) is 14.6 Å². The molecule has 0 radical (unpaired) electrons. The number of hydrogen-bond acceptors (Lipinski definition) is 4. The summed E-state index contributed by atoms with van der Waals surface area (Å²) >= 11 is 0. The first kappa shape index (κ1) is 12.8. The van der Waals surface area contributed by atoms with Gasteiger partial charge in [0.2, 0.25) is 0 Å². The van der Waals surface area contributed by atoms with Gasteiger partial charge in [-0.15, -0.1) is 0 Å². The van der Waals surface area contributed by atoms with Gasteiger partial charge in [0.05, 0.1) is 18.6 Å². The van der Waals surface area contributed by atoms with E-state index in [1.54, 1.807) is 0 Å². The van der Waals surface area contributed by atoms with Crippen molar-refractivity contribution in [3.05, 3.63) is 0 Å². The van der Waals surface area contributed by atoms with Gasteiger partial charge in [0.15, 0.2) is 0 Å². The first-order valence-electron chi connectivity index (χ1n) is 6.28. The van der Waals surface area contributed by atoms with Crippen LogP contribution in [0.25, 0.3) is 0 Å². The molecular weight excluding hydrogens is 222 g/mol. The summed E-state index contributed by atoms with van der Waals surface area (Å²) in [6.45, 7) is 2.02. The Labute approximate surface area is 102 Å². The summed E-state index contributed by atoms with van der Waals surface area (Å²) in [6, 6.07) is 0. The first-order valence-corrected chi connectivity index (χ1v) is 6.28. The fourth-order valence-corrected chi connectivity index (χ4v) is 2.75. The van der Waals surface area contributed by atoms with Gasteiger partial charge in [0.1, 0.15) is 6.79 Å². The normalized spacial score (nSPS) is 32.7. The van der Waals surface area contributed by atoms with Gasteiger partial charge in [-0.05, 0) is 32.2 Å². The largest absolute Gasteiger partial charge is 0.481 e. The number of carboxylic acid groups (broad SMARTS) is 1. The minimum absolute atomic E-state index is 0.217. The molecular formula is C12H21NO4. The SMILES string of the molecule is CN(CCC(=O)O)CC1CCC2OCOC2C1. The number of aliphatic carboxylic acids is 1. The lowest BCUT2D eigenvalue weighted by Crippen LogP contribution is -2.36. The molecule has 3 unspecified atom stereocenters. The number of nitrogens with zero attached hydrogens (tertiary/aromatic N) is 1. The molecule has 1 heterocycles. The molecule has 0 spiro atoms. The molecule has 17 heavy (non-hydrogen) atoms. The van der Waals surface area contributed by atoms with Crippen LogP contribution in [0, 0.1) is 5.92 Å². The van der Waals surface area contributed by atoms with Gasteiger partial charge in [-0.1, -0.05) is 0 Å². The molecule has 2 aliphatic rings. The van der Waals surface area contributed by atoms with Crippen LogP contribution in [0.3, 0.4) is 0 Å². The highest BCUT2D eigenvalue weighted by Gasteiger charge is 2.35. The van der Waals surface area contributed by atoms with Crippen LogP contribution in [0.4, 0.5) is 0 Å². The van der Waals surface area contributed by atoms with Gasteiger partial charge < -0.3 is 19.5 Å². The second kappa shape index (κ2) is 5.80. The van der Waals surface area contributed by atoms with Gasteiger partial charge in [-0.25, -0.2) is 0 Å². The summed E-state index contributed by atoms with van der Waals surface area (Å²) in [7, 11) is 1.99. The van der Waals surface area contributed by atoms with Crippen molar-refractivity contribution in [2.75, 3.05) is 26.9 Å². The molecule has 0 aromatic heterocycles. The predicted molar refractivity (Wildman–Crippen MR) is 61.7 cm³/mol. The lowest BCUT2D eigenvalue weighted by atomic mass is 9.85. The standard InChI is InChI=1S/C12H21NO4/c1-13(5-4-12(14)15)7-9-2-3-10-11(6-9)17-8-16-10/h9-11H,2-8H2,1H3,(H,14,15). The molecule has 0 aromatic carbocycles. The average Bonchev–Trinajstić information content (AvgIpc) is 2.73. The van der Waals surface area contributed by atoms with Crippen LogP contribution in [0.5, 0.6) is 0 Å². The van der Waals surface area contributed by atoms with Crippen molar-refractivity contribution in [3.63, 3.8) is 0 Å². The second-order valence-corrected chi connectivity index (χ2v) is 5.11. The quantitative estimate of drug-likeness (QED) is 0.778. The minimum Gasteiger partial charge on any atom is -0.481 e. The maximum absolute atomic E-state index is 10.5. The Kier molecular flexibility index (Phi) is 4.36. The van der Waals surface area contributed by atoms with Crippen LogP contribution in [0.15, 0.2) is 0 Å². The van der Waals surface area contributed by atoms with Crippen LogP contribution in [-0.2, 0) is 14.3 Å². The number of carboxylic acids is 1. The second-order valence-electron chi connectivity index (χ2n) is 5.11. The van der Waals surface area contributed by atoms with E-state index in [2.05, 4.69) is 4.90 Å². The zero-order valence-corrected chi connectivity index (χ0v) is 10.3. The molecule has 1 aliphatic heterocycles. The van der Waals surface area contributed by atoms with E-state index in [0.29, 0.717) is 25.4 Å². The third-order valence-electron chi connectivity index (χ3n) is 3.68. The predicted octanol–water partition coefficient (Wildman–Crippen LogP) is 0.934. The topological polar surface area (TPSA) is 59.0 Å². The number of hydrogen-bond donors (Lipinski definition) is 1. The van der Waals surface area contributed by atoms with Crippen molar-refractivity contribution in [1.82, 2.24) is 4.90 Å². The number of fused-ring (bicyclic) bond motifs is 1. The van der Waals surface area contributed by atoms with Crippen molar-refractivity contribution in [3.8, 4) is 0 Å². The fourth-order valence-electron chi connectivity index (χ4n) is 2.75. The van der Waals surface area contributed by atoms with Crippen LogP contribution >= 0.6 is 0 Å². The molecule has 1 saturated carbocycles. The van der Waals surface area contributed by atoms with E-state index < -0.39 is 5.97 Å². The highest BCUT2D eigenvalue weighted by atomic mass is 16.7. The third kappa shape index (κ3) is 3.66. The maximum Gasteiger partial charge on any atom is 0.304 e. The van der Waals surface area contributed by atoms with Gasteiger partial charge in [0, 0.05) is 13.1 Å². The van der Waals surface area contributed by atoms with Crippen LogP contribution in [-0.4, -0.2) is 55.1 Å². The van der Waals surface area contributed by atoms with E-state index in [9.17, 15) is 4.79 Å². The van der Waals surface area contributed by atoms with Crippen LogP contribution in [0.1, 0.15) is 25.7 Å². The van der Waals surface area contributed by atoms with E-state index in [-0.39, 0.29) is 12.5 Å². The summed E-state index contributed by atoms with van der Waals surface area (Å²) in [5.41, 5.74) is 0. The Morgan fingerprint density at radius 3 is 2.88 bits per heavy atom. The zero-order valence-electron chi connectivity index (χ0n) is 10.3. The van der Waals surface area contributed by atoms with E-state index in [1.807, 2.05) is 7.05 Å². The maximum atomic E-state index is 10.5. The van der Waals surface area contributed by atoms with Gasteiger partial charge >= 0.3 is 5.97 Å². The molecule has 1 saturated heterocycles. The minimum atomic E-state index is -0.729. The fraction of sp³-hybridized carbons (Fsp3) is 0.917. The van der Waals surface area contributed by atoms with E-state index in [0.717, 1.165) is 25.8 Å². The molecule has 1 N–H and O–H groups in total. The molecule has 5 nitrogen and oxygen atoms in total. The lowest BCUT2D eigenvalue weighted by molar-refractivity contribution is -0.137. The molecule has 1 aliphatic carbocycles. The molecule has 0 amide bonds. The van der Waals surface area contributed by atoms with E-state index in [1.165, 1.54) is 0 Å². The molecule has 98 valence electrons. The van der Waals surface area contributed by atoms with Gasteiger partial charge in [0.25, 0.3) is 0 Å². The molecule has 0 bridgehead atoms. The van der Waals surface area contributed by atoms with Crippen molar-refractivity contribution >= 4 is 5.97 Å². The Morgan fingerprint density at radius 1 is 1.35 bits per heavy atom. The summed E-state index contributed by atoms with van der Waals surface area (Å²) in [5, 5.41) is 8.63. The molecule has 2 fully saturated rings. The molecule has 5 heteroatoms. The highest BCUT2D eigenvalue weighted by molar-refractivity contribution is 5.66. The Morgan fingerprint density at radius 2 is 2.12 bits per heavy atom. The average molecular weight is 243 g/mol. The summed E-state index contributed by atoms with van der Waals surface area (Å²) in [5.74, 6) is -0.121. The number of rotatable bonds is 5. The van der Waals surface area contributed by atoms with Crippen molar-refractivity contribution in [2.24, 2.45) is 5.92 Å². The Bertz CT molecular complexity index is 271. The first-order chi connectivity index (χ1) is 8.15. The van der Waals surface area contributed by atoms with Crippen molar-refractivity contribution < 1.29 is 19.4 Å². The monoisotopic (exact) mass is 243 g/mol. The number of ether oxygens (including phenoxy) is 2. The summed E-state index contributed by atoms with van der Waals surface area (Å²) in [6.07, 6.45) is 4.05. The summed E-state index contributed by atoms with van der Waals surface area (Å²) in [4.78, 5) is 12.6. The summed E-state index contributed by atoms with van der Waals surface area (Å²) < 4.78 is 11.0. The van der Waals surface area contributed by atoms with Crippen molar-refractivity contribution in [1.29, 1.82) is 0 Å².